The zero-order valence-electron chi connectivity index (χ0n) is 9.12. The number of aromatic nitrogens is 2. The lowest BCUT2D eigenvalue weighted by molar-refractivity contribution is -0.134. The molecule has 1 amide bonds. The third kappa shape index (κ3) is 1.54. The lowest BCUT2D eigenvalue weighted by Gasteiger charge is -2.31. The van der Waals surface area contributed by atoms with E-state index in [1.54, 1.807) is 10.9 Å². The quantitative estimate of drug-likeness (QED) is 0.698. The normalized spacial score (nSPS) is 27.4. The Bertz CT molecular complexity index is 410. The molecule has 1 aromatic rings. The molecule has 1 aromatic heterocycles. The van der Waals surface area contributed by atoms with Gasteiger partial charge in [0.1, 0.15) is 6.54 Å². The summed E-state index contributed by atoms with van der Waals surface area (Å²) in [6.45, 7) is 0.369. The van der Waals surface area contributed by atoms with E-state index in [9.17, 15) is 4.79 Å². The topological polar surface area (TPSA) is 38.1 Å². The van der Waals surface area contributed by atoms with E-state index in [0.29, 0.717) is 18.6 Å². The van der Waals surface area contributed by atoms with E-state index >= 15 is 0 Å². The molecule has 0 aliphatic carbocycles. The number of fused-ring (bicyclic) bond motifs is 2. The van der Waals surface area contributed by atoms with E-state index in [4.69, 9.17) is 0 Å². The molecule has 2 aliphatic rings. The van der Waals surface area contributed by atoms with Crippen LogP contribution in [0.15, 0.2) is 30.6 Å². The Morgan fingerprint density at radius 1 is 1.44 bits per heavy atom. The minimum Gasteiger partial charge on any atom is -0.331 e. The summed E-state index contributed by atoms with van der Waals surface area (Å²) >= 11 is 0. The fraction of sp³-hybridized carbons (Fsp3) is 0.500. The summed E-state index contributed by atoms with van der Waals surface area (Å²) in [6, 6.07) is 2.61. The first-order valence-electron chi connectivity index (χ1n) is 5.80. The molecule has 0 radical (unpaired) electrons. The number of amides is 1. The average Bonchev–Trinajstić information content (AvgIpc) is 2.86. The molecule has 4 nitrogen and oxygen atoms in total. The molecule has 0 aromatic carbocycles. The Hall–Kier alpha value is -1.58. The molecule has 16 heavy (non-hydrogen) atoms. The van der Waals surface area contributed by atoms with Gasteiger partial charge in [-0.15, -0.1) is 0 Å². The molecule has 0 spiro atoms. The molecule has 2 unspecified atom stereocenters. The Labute approximate surface area is 94.5 Å². The maximum Gasteiger partial charge on any atom is 0.245 e. The summed E-state index contributed by atoms with van der Waals surface area (Å²) in [4.78, 5) is 14.2. The van der Waals surface area contributed by atoms with Crippen LogP contribution in [0.1, 0.15) is 19.3 Å². The highest BCUT2D eigenvalue weighted by molar-refractivity contribution is 5.77. The van der Waals surface area contributed by atoms with Crippen molar-refractivity contribution in [2.45, 2.75) is 37.9 Å². The molecular weight excluding hydrogens is 202 g/mol. The maximum absolute atomic E-state index is 12.2. The van der Waals surface area contributed by atoms with Crippen LogP contribution in [0.25, 0.3) is 0 Å². The molecule has 3 rings (SSSR count). The van der Waals surface area contributed by atoms with Crippen LogP contribution in [0.4, 0.5) is 0 Å². The van der Waals surface area contributed by atoms with Gasteiger partial charge in [-0.2, -0.15) is 5.10 Å². The van der Waals surface area contributed by atoms with Crippen molar-refractivity contribution in [2.24, 2.45) is 0 Å². The largest absolute Gasteiger partial charge is 0.331 e. The second kappa shape index (κ2) is 3.77. The van der Waals surface area contributed by atoms with Crippen molar-refractivity contribution < 1.29 is 4.79 Å². The predicted molar refractivity (Wildman–Crippen MR) is 59.6 cm³/mol. The second-order valence-corrected chi connectivity index (χ2v) is 4.47. The Balaban J connectivity index is 1.74. The third-order valence-electron chi connectivity index (χ3n) is 3.46. The van der Waals surface area contributed by atoms with E-state index in [1.807, 2.05) is 17.2 Å². The van der Waals surface area contributed by atoms with Crippen molar-refractivity contribution in [3.63, 3.8) is 0 Å². The van der Waals surface area contributed by atoms with E-state index in [0.717, 1.165) is 19.3 Å². The van der Waals surface area contributed by atoms with Crippen molar-refractivity contribution in [2.75, 3.05) is 0 Å². The van der Waals surface area contributed by atoms with Gasteiger partial charge in [0.15, 0.2) is 0 Å². The van der Waals surface area contributed by atoms with E-state index < -0.39 is 0 Å². The number of carbonyl (C=O) groups is 1. The molecule has 0 saturated carbocycles. The summed E-state index contributed by atoms with van der Waals surface area (Å²) in [5, 5.41) is 4.07. The fourth-order valence-electron chi connectivity index (χ4n) is 2.73. The third-order valence-corrected chi connectivity index (χ3v) is 3.46. The number of rotatable bonds is 2. The van der Waals surface area contributed by atoms with Gasteiger partial charge in [0.25, 0.3) is 0 Å². The van der Waals surface area contributed by atoms with Crippen LogP contribution in [-0.2, 0) is 11.3 Å². The molecule has 84 valence electrons. The van der Waals surface area contributed by atoms with Crippen LogP contribution in [0.3, 0.4) is 0 Å². The summed E-state index contributed by atoms with van der Waals surface area (Å²) in [7, 11) is 0. The SMILES string of the molecule is O=C(Cn1cccn1)N1C2C=CCC1CC2. The highest BCUT2D eigenvalue weighted by atomic mass is 16.2. The van der Waals surface area contributed by atoms with Crippen LogP contribution < -0.4 is 0 Å². The standard InChI is InChI=1S/C12H15N3O/c16-12(9-14-8-2-7-13-14)15-10-3-1-4-11(15)6-5-10/h1-3,7-8,10-11H,4-6,9H2. The van der Waals surface area contributed by atoms with Gasteiger partial charge in [0, 0.05) is 18.4 Å². The first-order chi connectivity index (χ1) is 7.84. The van der Waals surface area contributed by atoms with Crippen LogP contribution in [0, 0.1) is 0 Å². The number of nitrogens with zero attached hydrogens (tertiary/aromatic N) is 3. The first kappa shape index (κ1) is 9.63. The monoisotopic (exact) mass is 217 g/mol. The highest BCUT2D eigenvalue weighted by Crippen LogP contribution is 2.31. The van der Waals surface area contributed by atoms with Crippen LogP contribution in [0.5, 0.6) is 0 Å². The Morgan fingerprint density at radius 3 is 3.12 bits per heavy atom. The van der Waals surface area contributed by atoms with Gasteiger partial charge in [0.2, 0.25) is 5.91 Å². The first-order valence-corrected chi connectivity index (χ1v) is 5.80. The zero-order chi connectivity index (χ0) is 11.0. The lowest BCUT2D eigenvalue weighted by Crippen LogP contribution is -2.43. The summed E-state index contributed by atoms with van der Waals surface area (Å²) in [5.41, 5.74) is 0. The van der Waals surface area contributed by atoms with Crippen molar-refractivity contribution >= 4 is 5.91 Å². The minimum absolute atomic E-state index is 0.195. The Kier molecular flexibility index (Phi) is 2.27. The van der Waals surface area contributed by atoms with Gasteiger partial charge in [-0.3, -0.25) is 9.48 Å². The van der Waals surface area contributed by atoms with Gasteiger partial charge in [-0.05, 0) is 25.3 Å². The molecule has 2 bridgehead atoms. The molecule has 1 saturated heterocycles. The highest BCUT2D eigenvalue weighted by Gasteiger charge is 2.36. The lowest BCUT2D eigenvalue weighted by atomic mass is 10.1. The van der Waals surface area contributed by atoms with Crippen molar-refractivity contribution in [1.82, 2.24) is 14.7 Å². The average molecular weight is 217 g/mol. The zero-order valence-corrected chi connectivity index (χ0v) is 9.12. The van der Waals surface area contributed by atoms with Crippen molar-refractivity contribution in [3.05, 3.63) is 30.6 Å². The molecule has 2 aliphatic heterocycles. The number of carbonyl (C=O) groups excluding carboxylic acids is 1. The summed E-state index contributed by atoms with van der Waals surface area (Å²) in [5.74, 6) is 0.195. The molecule has 0 N–H and O–H groups in total. The predicted octanol–water partition coefficient (Wildman–Crippen LogP) is 1.20. The van der Waals surface area contributed by atoms with Crippen LogP contribution in [-0.4, -0.2) is 32.7 Å². The summed E-state index contributed by atoms with van der Waals surface area (Å²) in [6.07, 6.45) is 11.2. The molecule has 3 heterocycles. The molecule has 4 heteroatoms. The van der Waals surface area contributed by atoms with Crippen molar-refractivity contribution in [3.8, 4) is 0 Å². The van der Waals surface area contributed by atoms with Gasteiger partial charge in [0.05, 0.1) is 6.04 Å². The number of hydrogen-bond donors (Lipinski definition) is 0. The molecule has 1 fully saturated rings. The van der Waals surface area contributed by atoms with E-state index in [-0.39, 0.29) is 5.91 Å². The van der Waals surface area contributed by atoms with Gasteiger partial charge in [-0.25, -0.2) is 0 Å². The molecule has 2 atom stereocenters. The van der Waals surface area contributed by atoms with E-state index in [2.05, 4.69) is 17.3 Å². The van der Waals surface area contributed by atoms with Gasteiger partial charge >= 0.3 is 0 Å². The van der Waals surface area contributed by atoms with Gasteiger partial charge < -0.3 is 4.90 Å². The van der Waals surface area contributed by atoms with Crippen LogP contribution >= 0.6 is 0 Å². The number of hydrogen-bond acceptors (Lipinski definition) is 2. The summed E-state index contributed by atoms with van der Waals surface area (Å²) < 4.78 is 1.69. The van der Waals surface area contributed by atoms with Crippen molar-refractivity contribution in [1.29, 1.82) is 0 Å². The smallest absolute Gasteiger partial charge is 0.245 e. The minimum atomic E-state index is 0.195. The second-order valence-electron chi connectivity index (χ2n) is 4.47. The van der Waals surface area contributed by atoms with E-state index in [1.165, 1.54) is 0 Å². The van der Waals surface area contributed by atoms with Gasteiger partial charge in [-0.1, -0.05) is 12.2 Å². The maximum atomic E-state index is 12.2. The molecular formula is C12H15N3O. The fourth-order valence-corrected chi connectivity index (χ4v) is 2.73. The Morgan fingerprint density at radius 2 is 2.38 bits per heavy atom. The van der Waals surface area contributed by atoms with Crippen LogP contribution in [0.2, 0.25) is 0 Å².